The highest BCUT2D eigenvalue weighted by atomic mass is 35.5. The lowest BCUT2D eigenvalue weighted by Gasteiger charge is -1.92. The number of halogens is 1. The van der Waals surface area contributed by atoms with Crippen LogP contribution in [0.3, 0.4) is 0 Å². The lowest BCUT2D eigenvalue weighted by molar-refractivity contribution is -0.139. The molecule has 0 spiro atoms. The van der Waals surface area contributed by atoms with Gasteiger partial charge >= 0.3 is 5.97 Å². The van der Waals surface area contributed by atoms with Crippen LogP contribution in [0.4, 0.5) is 5.95 Å². The lowest BCUT2D eigenvalue weighted by atomic mass is 10.4. The number of hydrogen-bond acceptors (Lipinski definition) is 5. The highest BCUT2D eigenvalue weighted by Crippen LogP contribution is 1.94. The van der Waals surface area contributed by atoms with Gasteiger partial charge < -0.3 is 10.5 Å². The Morgan fingerprint density at radius 1 is 1.75 bits per heavy atom. The molecule has 6 nitrogen and oxygen atoms in total. The van der Waals surface area contributed by atoms with Crippen LogP contribution in [0.2, 0.25) is 0 Å². The number of nitrogen functional groups attached to an aromatic ring is 1. The van der Waals surface area contributed by atoms with Crippen LogP contribution in [0.15, 0.2) is 0 Å². The van der Waals surface area contributed by atoms with Crippen molar-refractivity contribution in [3.8, 4) is 0 Å². The average Bonchev–Trinajstić information content (AvgIpc) is 2.35. The highest BCUT2D eigenvalue weighted by Gasteiger charge is 2.05. The second-order valence-electron chi connectivity index (χ2n) is 1.89. The van der Waals surface area contributed by atoms with E-state index in [2.05, 4.69) is 19.9 Å². The van der Waals surface area contributed by atoms with Crippen molar-refractivity contribution in [2.24, 2.45) is 0 Å². The van der Waals surface area contributed by atoms with Gasteiger partial charge in [-0.25, -0.2) is 0 Å². The standard InChI is InChI=1S/C5H8N4O2.ClH/c1-11-4(10)2-3-7-5(6)9-8-3;/h2H2,1H3,(H3,6,7,8,9);1H. The molecule has 0 aliphatic carbocycles. The zero-order valence-corrected chi connectivity index (χ0v) is 7.22. The maximum atomic E-state index is 10.6. The monoisotopic (exact) mass is 192 g/mol. The van der Waals surface area contributed by atoms with Crippen molar-refractivity contribution in [3.05, 3.63) is 5.82 Å². The van der Waals surface area contributed by atoms with Gasteiger partial charge in [0, 0.05) is 0 Å². The van der Waals surface area contributed by atoms with E-state index in [0.29, 0.717) is 5.82 Å². The fraction of sp³-hybridized carbons (Fsp3) is 0.400. The molecule has 3 N–H and O–H groups in total. The van der Waals surface area contributed by atoms with Crippen LogP contribution in [0.1, 0.15) is 5.82 Å². The first-order valence-electron chi connectivity index (χ1n) is 2.96. The molecule has 0 unspecified atom stereocenters. The summed E-state index contributed by atoms with van der Waals surface area (Å²) in [6.07, 6.45) is 0.0701. The number of rotatable bonds is 2. The predicted molar refractivity (Wildman–Crippen MR) is 43.8 cm³/mol. The van der Waals surface area contributed by atoms with E-state index in [1.54, 1.807) is 0 Å². The van der Waals surface area contributed by atoms with E-state index in [1.165, 1.54) is 7.11 Å². The number of ether oxygens (including phenoxy) is 1. The van der Waals surface area contributed by atoms with Gasteiger partial charge in [0.2, 0.25) is 5.95 Å². The Kier molecular flexibility index (Phi) is 4.06. The molecule has 0 aliphatic rings. The zero-order valence-electron chi connectivity index (χ0n) is 6.40. The summed E-state index contributed by atoms with van der Waals surface area (Å²) in [5.41, 5.74) is 5.19. The van der Waals surface area contributed by atoms with E-state index >= 15 is 0 Å². The van der Waals surface area contributed by atoms with Crippen molar-refractivity contribution >= 4 is 24.3 Å². The number of nitrogens with one attached hydrogen (secondary N) is 1. The number of anilines is 1. The molecule has 0 aromatic carbocycles. The lowest BCUT2D eigenvalue weighted by Crippen LogP contribution is -2.05. The molecule has 0 radical (unpaired) electrons. The zero-order chi connectivity index (χ0) is 8.27. The Balaban J connectivity index is 0.00000121. The Morgan fingerprint density at radius 2 is 2.42 bits per heavy atom. The number of nitrogens with zero attached hydrogens (tertiary/aromatic N) is 2. The minimum absolute atomic E-state index is 0. The van der Waals surface area contributed by atoms with Gasteiger partial charge in [0.05, 0.1) is 7.11 Å². The van der Waals surface area contributed by atoms with Crippen LogP contribution in [-0.2, 0) is 16.0 Å². The number of aromatic nitrogens is 3. The molecule has 7 heteroatoms. The third-order valence-corrected chi connectivity index (χ3v) is 1.09. The molecule has 1 aromatic heterocycles. The number of carbonyl (C=O) groups excluding carboxylic acids is 1. The van der Waals surface area contributed by atoms with Crippen LogP contribution in [-0.4, -0.2) is 28.3 Å². The average molecular weight is 193 g/mol. The molecular formula is C5H9ClN4O2. The molecule has 0 atom stereocenters. The number of H-pyrrole nitrogens is 1. The summed E-state index contributed by atoms with van der Waals surface area (Å²) in [6.45, 7) is 0. The van der Waals surface area contributed by atoms with Gasteiger partial charge in [0.25, 0.3) is 0 Å². The number of aromatic amines is 1. The first-order chi connectivity index (χ1) is 5.22. The number of hydrogen-bond donors (Lipinski definition) is 2. The second kappa shape index (κ2) is 4.55. The van der Waals surface area contributed by atoms with Crippen LogP contribution in [0.5, 0.6) is 0 Å². The number of esters is 1. The summed E-state index contributed by atoms with van der Waals surface area (Å²) in [4.78, 5) is 14.3. The highest BCUT2D eigenvalue weighted by molar-refractivity contribution is 5.85. The summed E-state index contributed by atoms with van der Waals surface area (Å²) >= 11 is 0. The molecule has 0 saturated carbocycles. The molecule has 0 aliphatic heterocycles. The van der Waals surface area contributed by atoms with Gasteiger partial charge in [0.1, 0.15) is 12.2 Å². The van der Waals surface area contributed by atoms with Gasteiger partial charge in [-0.15, -0.1) is 17.5 Å². The van der Waals surface area contributed by atoms with E-state index in [4.69, 9.17) is 5.73 Å². The molecule has 1 aromatic rings. The topological polar surface area (TPSA) is 93.9 Å². The minimum Gasteiger partial charge on any atom is -0.469 e. The van der Waals surface area contributed by atoms with Gasteiger partial charge in [0.15, 0.2) is 0 Å². The first kappa shape index (κ1) is 10.7. The van der Waals surface area contributed by atoms with Crippen LogP contribution >= 0.6 is 12.4 Å². The summed E-state index contributed by atoms with van der Waals surface area (Å²) in [5, 5.41) is 6.02. The van der Waals surface area contributed by atoms with E-state index in [1.807, 2.05) is 0 Å². The fourth-order valence-electron chi connectivity index (χ4n) is 0.598. The molecule has 1 heterocycles. The fourth-order valence-corrected chi connectivity index (χ4v) is 0.598. The van der Waals surface area contributed by atoms with Crippen LogP contribution in [0.25, 0.3) is 0 Å². The Hall–Kier alpha value is -1.30. The molecule has 0 saturated heterocycles. The molecular weight excluding hydrogens is 184 g/mol. The molecule has 0 bridgehead atoms. The van der Waals surface area contributed by atoms with E-state index in [9.17, 15) is 4.79 Å². The largest absolute Gasteiger partial charge is 0.469 e. The van der Waals surface area contributed by atoms with Crippen LogP contribution < -0.4 is 5.73 Å². The Morgan fingerprint density at radius 3 is 2.83 bits per heavy atom. The molecule has 12 heavy (non-hydrogen) atoms. The number of methoxy groups -OCH3 is 1. The van der Waals surface area contributed by atoms with Crippen molar-refractivity contribution in [2.75, 3.05) is 12.8 Å². The van der Waals surface area contributed by atoms with Crippen LogP contribution in [0, 0.1) is 0 Å². The summed E-state index contributed by atoms with van der Waals surface area (Å²) in [7, 11) is 1.31. The third-order valence-electron chi connectivity index (χ3n) is 1.09. The SMILES string of the molecule is COC(=O)Cc1nc(N)n[nH]1.Cl. The Bertz CT molecular complexity index is 262. The van der Waals surface area contributed by atoms with E-state index < -0.39 is 0 Å². The molecule has 1 rings (SSSR count). The van der Waals surface area contributed by atoms with Gasteiger partial charge in [-0.1, -0.05) is 0 Å². The predicted octanol–water partition coefficient (Wildman–Crippen LogP) is -0.476. The molecule has 0 amide bonds. The quantitative estimate of drug-likeness (QED) is 0.618. The van der Waals surface area contributed by atoms with Gasteiger partial charge in [-0.2, -0.15) is 4.98 Å². The maximum Gasteiger partial charge on any atom is 0.313 e. The van der Waals surface area contributed by atoms with Crippen molar-refractivity contribution in [1.82, 2.24) is 15.2 Å². The van der Waals surface area contributed by atoms with E-state index in [-0.39, 0.29) is 30.7 Å². The van der Waals surface area contributed by atoms with E-state index in [0.717, 1.165) is 0 Å². The summed E-state index contributed by atoms with van der Waals surface area (Å²) in [6, 6.07) is 0. The third kappa shape index (κ3) is 2.75. The number of nitrogens with two attached hydrogens (primary N) is 1. The molecule has 68 valence electrons. The van der Waals surface area contributed by atoms with Crippen molar-refractivity contribution in [3.63, 3.8) is 0 Å². The normalized spacial score (nSPS) is 8.75. The second-order valence-corrected chi connectivity index (χ2v) is 1.89. The summed E-state index contributed by atoms with van der Waals surface area (Å²) < 4.78 is 4.40. The molecule has 0 fully saturated rings. The van der Waals surface area contributed by atoms with Gasteiger partial charge in [-0.3, -0.25) is 9.89 Å². The Labute approximate surface area is 74.9 Å². The maximum absolute atomic E-state index is 10.6. The summed E-state index contributed by atoms with van der Waals surface area (Å²) in [5.74, 6) is 0.166. The van der Waals surface area contributed by atoms with Crippen molar-refractivity contribution in [2.45, 2.75) is 6.42 Å². The smallest absolute Gasteiger partial charge is 0.313 e. The number of carbonyl (C=O) groups is 1. The first-order valence-corrected chi connectivity index (χ1v) is 2.96. The van der Waals surface area contributed by atoms with Crippen molar-refractivity contribution in [1.29, 1.82) is 0 Å². The van der Waals surface area contributed by atoms with Gasteiger partial charge in [-0.05, 0) is 0 Å². The van der Waals surface area contributed by atoms with Crippen molar-refractivity contribution < 1.29 is 9.53 Å². The minimum atomic E-state index is -0.374.